The first-order chi connectivity index (χ1) is 10.3. The Morgan fingerprint density at radius 1 is 1.48 bits per heavy atom. The summed E-state index contributed by atoms with van der Waals surface area (Å²) in [6, 6.07) is 8.11. The molecule has 0 bridgehead atoms. The van der Waals surface area contributed by atoms with E-state index in [0.717, 1.165) is 18.5 Å². The predicted molar refractivity (Wildman–Crippen MR) is 82.5 cm³/mol. The molecule has 6 heteroatoms. The third-order valence-electron chi connectivity index (χ3n) is 3.50. The van der Waals surface area contributed by atoms with Crippen molar-refractivity contribution in [1.29, 1.82) is 0 Å². The van der Waals surface area contributed by atoms with Gasteiger partial charge in [-0.2, -0.15) is 0 Å². The van der Waals surface area contributed by atoms with Gasteiger partial charge in [0.15, 0.2) is 5.13 Å². The van der Waals surface area contributed by atoms with E-state index in [-0.39, 0.29) is 12.1 Å². The number of methoxy groups -OCH3 is 1. The number of carbonyl (C=O) groups excluding carboxylic acids is 1. The van der Waals surface area contributed by atoms with Gasteiger partial charge in [0.25, 0.3) is 0 Å². The normalized spacial score (nSPS) is 16.5. The van der Waals surface area contributed by atoms with Crippen LogP contribution in [0.15, 0.2) is 29.6 Å². The second kappa shape index (κ2) is 6.24. The fraction of sp³-hybridized carbons (Fsp3) is 0.333. The second-order valence-corrected chi connectivity index (χ2v) is 5.82. The van der Waals surface area contributed by atoms with E-state index in [9.17, 15) is 4.79 Å². The van der Waals surface area contributed by atoms with Gasteiger partial charge in [0.1, 0.15) is 0 Å². The minimum Gasteiger partial charge on any atom is -0.378 e. The van der Waals surface area contributed by atoms with Crippen LogP contribution in [-0.4, -0.2) is 18.1 Å². The standard InChI is InChI=1S/C15H17N3O2S/c1-20-8-11-9-21-15(16-11)18-14(19)17-13-7-6-10-4-2-3-5-12(10)13/h2-5,9,13H,6-8H2,1H3,(H2,16,17,18,19)/t13-/m0/s1. The molecule has 5 nitrogen and oxygen atoms in total. The number of carbonyl (C=O) groups is 1. The number of anilines is 1. The minimum absolute atomic E-state index is 0.0830. The highest BCUT2D eigenvalue weighted by molar-refractivity contribution is 7.13. The van der Waals surface area contributed by atoms with E-state index >= 15 is 0 Å². The summed E-state index contributed by atoms with van der Waals surface area (Å²) in [6.07, 6.45) is 1.95. The van der Waals surface area contributed by atoms with Crippen molar-refractivity contribution in [2.24, 2.45) is 0 Å². The molecule has 2 amide bonds. The van der Waals surface area contributed by atoms with Crippen molar-refractivity contribution in [3.05, 3.63) is 46.5 Å². The summed E-state index contributed by atoms with van der Waals surface area (Å²) in [5, 5.41) is 8.26. The van der Waals surface area contributed by atoms with Crippen LogP contribution in [0.5, 0.6) is 0 Å². The lowest BCUT2D eigenvalue weighted by molar-refractivity contribution is 0.182. The number of ether oxygens (including phenoxy) is 1. The van der Waals surface area contributed by atoms with E-state index in [1.807, 2.05) is 17.5 Å². The number of nitrogens with zero attached hydrogens (tertiary/aromatic N) is 1. The molecule has 1 aromatic carbocycles. The van der Waals surface area contributed by atoms with E-state index in [4.69, 9.17) is 4.74 Å². The van der Waals surface area contributed by atoms with Gasteiger partial charge in [-0.05, 0) is 24.0 Å². The summed E-state index contributed by atoms with van der Waals surface area (Å²) in [7, 11) is 1.62. The molecule has 1 aliphatic carbocycles. The Kier molecular flexibility index (Phi) is 4.17. The zero-order valence-electron chi connectivity index (χ0n) is 11.8. The lowest BCUT2D eigenvalue weighted by Crippen LogP contribution is -2.31. The van der Waals surface area contributed by atoms with Crippen LogP contribution in [0.25, 0.3) is 0 Å². The first-order valence-corrected chi connectivity index (χ1v) is 7.73. The van der Waals surface area contributed by atoms with Crippen molar-refractivity contribution in [3.63, 3.8) is 0 Å². The Bertz CT molecular complexity index is 641. The molecule has 0 fully saturated rings. The van der Waals surface area contributed by atoms with Gasteiger partial charge in [0.2, 0.25) is 0 Å². The van der Waals surface area contributed by atoms with Gasteiger partial charge in [-0.1, -0.05) is 24.3 Å². The van der Waals surface area contributed by atoms with Crippen molar-refractivity contribution < 1.29 is 9.53 Å². The third-order valence-corrected chi connectivity index (χ3v) is 4.31. The maximum Gasteiger partial charge on any atom is 0.321 e. The molecule has 0 unspecified atom stereocenters. The smallest absolute Gasteiger partial charge is 0.321 e. The Labute approximate surface area is 127 Å². The zero-order chi connectivity index (χ0) is 14.7. The molecule has 1 atom stereocenters. The molecular formula is C15H17N3O2S. The van der Waals surface area contributed by atoms with Crippen LogP contribution < -0.4 is 10.6 Å². The number of benzene rings is 1. The van der Waals surface area contributed by atoms with Gasteiger partial charge < -0.3 is 10.1 Å². The Hall–Kier alpha value is -1.92. The van der Waals surface area contributed by atoms with Gasteiger partial charge in [0, 0.05) is 12.5 Å². The highest BCUT2D eigenvalue weighted by Gasteiger charge is 2.23. The largest absolute Gasteiger partial charge is 0.378 e. The molecular weight excluding hydrogens is 286 g/mol. The summed E-state index contributed by atoms with van der Waals surface area (Å²) in [4.78, 5) is 16.3. The summed E-state index contributed by atoms with van der Waals surface area (Å²) in [6.45, 7) is 0.454. The van der Waals surface area contributed by atoms with Gasteiger partial charge in [0.05, 0.1) is 18.3 Å². The van der Waals surface area contributed by atoms with Crippen LogP contribution >= 0.6 is 11.3 Å². The molecule has 1 aliphatic rings. The number of hydrogen-bond donors (Lipinski definition) is 2. The molecule has 110 valence electrons. The molecule has 3 rings (SSSR count). The van der Waals surface area contributed by atoms with Gasteiger partial charge >= 0.3 is 6.03 Å². The van der Waals surface area contributed by atoms with Gasteiger partial charge in [-0.15, -0.1) is 11.3 Å². The lowest BCUT2D eigenvalue weighted by Gasteiger charge is -2.13. The SMILES string of the molecule is COCc1csc(NC(=O)N[C@H]2CCc3ccccc32)n1. The molecule has 1 heterocycles. The molecule has 0 saturated carbocycles. The first-order valence-electron chi connectivity index (χ1n) is 6.85. The maximum absolute atomic E-state index is 12.1. The average Bonchev–Trinajstić information content (AvgIpc) is 3.07. The number of aryl methyl sites for hydroxylation is 1. The number of aromatic nitrogens is 1. The number of hydrogen-bond acceptors (Lipinski definition) is 4. The highest BCUT2D eigenvalue weighted by Crippen LogP contribution is 2.30. The lowest BCUT2D eigenvalue weighted by atomic mass is 10.1. The van der Waals surface area contributed by atoms with Crippen molar-refractivity contribution >= 4 is 22.5 Å². The summed E-state index contributed by atoms with van der Waals surface area (Å²) in [5.74, 6) is 0. The van der Waals surface area contributed by atoms with Crippen LogP contribution in [0.4, 0.5) is 9.93 Å². The minimum atomic E-state index is -0.213. The number of thiazole rings is 1. The fourth-order valence-corrected chi connectivity index (χ4v) is 3.27. The molecule has 0 saturated heterocycles. The average molecular weight is 303 g/mol. The summed E-state index contributed by atoms with van der Waals surface area (Å²) in [5.41, 5.74) is 3.36. The van der Waals surface area contributed by atoms with E-state index in [2.05, 4.69) is 27.8 Å². The van der Waals surface area contributed by atoms with E-state index in [1.54, 1.807) is 7.11 Å². The number of urea groups is 1. The number of rotatable bonds is 4. The van der Waals surface area contributed by atoms with Gasteiger partial charge in [-0.3, -0.25) is 5.32 Å². The van der Waals surface area contributed by atoms with Crippen molar-refractivity contribution in [2.45, 2.75) is 25.5 Å². The number of nitrogens with one attached hydrogen (secondary N) is 2. The molecule has 21 heavy (non-hydrogen) atoms. The summed E-state index contributed by atoms with van der Waals surface area (Å²) < 4.78 is 5.01. The quantitative estimate of drug-likeness (QED) is 0.912. The molecule has 0 radical (unpaired) electrons. The second-order valence-electron chi connectivity index (χ2n) is 4.97. The molecule has 1 aromatic heterocycles. The van der Waals surface area contributed by atoms with E-state index in [0.29, 0.717) is 11.7 Å². The predicted octanol–water partition coefficient (Wildman–Crippen LogP) is 3.10. The van der Waals surface area contributed by atoms with Crippen LogP contribution in [0.2, 0.25) is 0 Å². The Morgan fingerprint density at radius 3 is 3.19 bits per heavy atom. The van der Waals surface area contributed by atoms with Gasteiger partial charge in [-0.25, -0.2) is 9.78 Å². The number of fused-ring (bicyclic) bond motifs is 1. The monoisotopic (exact) mass is 303 g/mol. The van der Waals surface area contributed by atoms with Crippen LogP contribution in [0.1, 0.15) is 29.3 Å². The Morgan fingerprint density at radius 2 is 2.33 bits per heavy atom. The van der Waals surface area contributed by atoms with Crippen LogP contribution in [-0.2, 0) is 17.8 Å². The van der Waals surface area contributed by atoms with Crippen molar-refractivity contribution in [1.82, 2.24) is 10.3 Å². The maximum atomic E-state index is 12.1. The molecule has 2 N–H and O–H groups in total. The highest BCUT2D eigenvalue weighted by atomic mass is 32.1. The zero-order valence-corrected chi connectivity index (χ0v) is 12.6. The molecule has 2 aromatic rings. The first kappa shape index (κ1) is 14.0. The van der Waals surface area contributed by atoms with Crippen molar-refractivity contribution in [2.75, 3.05) is 12.4 Å². The third kappa shape index (κ3) is 3.22. The fourth-order valence-electron chi connectivity index (χ4n) is 2.58. The Balaban J connectivity index is 1.59. The van der Waals surface area contributed by atoms with Crippen molar-refractivity contribution in [3.8, 4) is 0 Å². The summed E-state index contributed by atoms with van der Waals surface area (Å²) >= 11 is 1.40. The van der Waals surface area contributed by atoms with E-state index in [1.165, 1.54) is 22.5 Å². The number of amides is 2. The van der Waals surface area contributed by atoms with Crippen LogP contribution in [0, 0.1) is 0 Å². The molecule has 0 spiro atoms. The topological polar surface area (TPSA) is 63.2 Å². The van der Waals surface area contributed by atoms with E-state index < -0.39 is 0 Å². The molecule has 0 aliphatic heterocycles. The van der Waals surface area contributed by atoms with Crippen LogP contribution in [0.3, 0.4) is 0 Å².